The number of thioether (sulfide) groups is 3. The molecule has 42 heavy (non-hydrogen) atoms. The van der Waals surface area contributed by atoms with Gasteiger partial charge in [-0.15, -0.1) is 35.3 Å². The maximum absolute atomic E-state index is 13.4. The largest absolute Gasteiger partial charge is 0.496 e. The molecule has 0 aliphatic carbocycles. The molecule has 0 saturated carbocycles. The van der Waals surface area contributed by atoms with Gasteiger partial charge in [0.15, 0.2) is 12.2 Å². The van der Waals surface area contributed by atoms with Crippen molar-refractivity contribution in [3.63, 3.8) is 0 Å². The number of aliphatic imine (C=N–C) groups is 2. The van der Waals surface area contributed by atoms with Crippen LogP contribution in [0.4, 0.5) is 4.39 Å². The summed E-state index contributed by atoms with van der Waals surface area (Å²) in [6.07, 6.45) is 3.71. The number of rotatable bonds is 13. The van der Waals surface area contributed by atoms with E-state index in [4.69, 9.17) is 14.5 Å². The SMILES string of the molecule is CCCCCc1cccc(OC)c1C1=N[C@@H]([C@H]2SC[C@@H]([C@@H](OC(=O)CF)C(C)(C)C3=N[C@@](C)(C(=O)O)CS3)N2C)CS1. The fourth-order valence-corrected chi connectivity index (χ4v) is 9.91. The molecule has 3 heterocycles. The lowest BCUT2D eigenvalue weighted by molar-refractivity contribution is -0.157. The lowest BCUT2D eigenvalue weighted by atomic mass is 9.82. The van der Waals surface area contributed by atoms with E-state index >= 15 is 0 Å². The minimum absolute atomic E-state index is 0.00698. The average Bonchev–Trinajstić information content (AvgIpc) is 3.70. The van der Waals surface area contributed by atoms with Gasteiger partial charge in [0.1, 0.15) is 16.9 Å². The van der Waals surface area contributed by atoms with Gasteiger partial charge in [0.05, 0.1) is 40.6 Å². The number of methoxy groups -OCH3 is 1. The van der Waals surface area contributed by atoms with Crippen molar-refractivity contribution < 1.29 is 28.6 Å². The molecule has 0 radical (unpaired) electrons. The summed E-state index contributed by atoms with van der Waals surface area (Å²) in [5.74, 6) is 0.679. The number of carbonyl (C=O) groups is 2. The van der Waals surface area contributed by atoms with Crippen LogP contribution < -0.4 is 4.74 Å². The van der Waals surface area contributed by atoms with Crippen molar-refractivity contribution in [3.05, 3.63) is 29.3 Å². The third-order valence-electron chi connectivity index (χ3n) is 8.24. The van der Waals surface area contributed by atoms with Crippen LogP contribution in [0.2, 0.25) is 0 Å². The third kappa shape index (κ3) is 6.81. The molecule has 0 aromatic heterocycles. The molecule has 5 atom stereocenters. The van der Waals surface area contributed by atoms with E-state index in [1.54, 1.807) is 37.6 Å². The number of hydrogen-bond donors (Lipinski definition) is 1. The Morgan fingerprint density at radius 3 is 2.67 bits per heavy atom. The van der Waals surface area contributed by atoms with Crippen molar-refractivity contribution in [1.82, 2.24) is 4.90 Å². The van der Waals surface area contributed by atoms with Crippen molar-refractivity contribution >= 4 is 57.3 Å². The van der Waals surface area contributed by atoms with Crippen molar-refractivity contribution in [2.24, 2.45) is 15.4 Å². The maximum Gasteiger partial charge on any atom is 0.337 e. The highest BCUT2D eigenvalue weighted by Gasteiger charge is 2.52. The lowest BCUT2D eigenvalue weighted by Gasteiger charge is -2.40. The number of likely N-dealkylation sites (N-methyl/N-ethyl adjacent to an activating group) is 1. The molecular weight excluding hydrogens is 598 g/mol. The first kappa shape index (κ1) is 33.1. The highest BCUT2D eigenvalue weighted by Crippen LogP contribution is 2.45. The number of esters is 1. The number of carboxylic acids is 1. The minimum atomic E-state index is -1.25. The molecule has 0 bridgehead atoms. The molecule has 1 saturated heterocycles. The molecule has 1 aromatic carbocycles. The molecule has 3 aliphatic heterocycles. The van der Waals surface area contributed by atoms with Crippen LogP contribution in [0.5, 0.6) is 5.75 Å². The minimum Gasteiger partial charge on any atom is -0.496 e. The van der Waals surface area contributed by atoms with Crippen molar-refractivity contribution in [2.45, 2.75) is 82.5 Å². The fraction of sp³-hybridized carbons (Fsp3) is 0.667. The number of carboxylic acid groups (broad SMARTS) is 1. The molecule has 232 valence electrons. The van der Waals surface area contributed by atoms with Crippen LogP contribution >= 0.6 is 35.3 Å². The van der Waals surface area contributed by atoms with Crippen molar-refractivity contribution in [1.29, 1.82) is 0 Å². The number of aliphatic carboxylic acids is 1. The van der Waals surface area contributed by atoms with Gasteiger partial charge >= 0.3 is 11.9 Å². The van der Waals surface area contributed by atoms with Crippen LogP contribution in [-0.2, 0) is 20.7 Å². The number of unbranched alkanes of at least 4 members (excludes halogenated alkanes) is 2. The van der Waals surface area contributed by atoms with Gasteiger partial charge in [0.2, 0.25) is 0 Å². The standard InChI is InChI=1S/C30H42FN3O5S3/c1-7-8-9-11-18-12-10-13-21(38-6)23(18)25-32-19(15-40-25)26-34(5)20(16-41-26)24(39-22(35)14-31)29(2,3)27-33-30(4,17-42-27)28(36)37/h10,12-13,19-20,24,26H,7-9,11,14-17H2,1-6H3,(H,36,37)/t19-,20+,24-,26-,30-/m1/s1. The number of alkyl halides is 1. The molecule has 0 amide bonds. The first-order chi connectivity index (χ1) is 20.0. The summed E-state index contributed by atoms with van der Waals surface area (Å²) in [6, 6.07) is 5.98. The zero-order valence-electron chi connectivity index (χ0n) is 25.2. The number of nitrogens with zero attached hydrogens (tertiary/aromatic N) is 3. The molecule has 1 aromatic rings. The van der Waals surface area contributed by atoms with E-state index in [1.165, 1.54) is 23.7 Å². The van der Waals surface area contributed by atoms with Crippen LogP contribution in [0.1, 0.15) is 58.1 Å². The first-order valence-corrected chi connectivity index (χ1v) is 17.4. The molecule has 1 fully saturated rings. The summed E-state index contributed by atoms with van der Waals surface area (Å²) in [4.78, 5) is 36.1. The van der Waals surface area contributed by atoms with E-state index in [0.29, 0.717) is 16.5 Å². The van der Waals surface area contributed by atoms with Gasteiger partial charge in [-0.1, -0.05) is 45.7 Å². The Bertz CT molecular complexity index is 1230. The monoisotopic (exact) mass is 639 g/mol. The topological polar surface area (TPSA) is 101 Å². The Hall–Kier alpha value is -1.76. The van der Waals surface area contributed by atoms with Gasteiger partial charge in [-0.2, -0.15) is 0 Å². The number of benzene rings is 1. The summed E-state index contributed by atoms with van der Waals surface area (Å²) >= 11 is 4.87. The van der Waals surface area contributed by atoms with Gasteiger partial charge in [-0.05, 0) is 38.4 Å². The van der Waals surface area contributed by atoms with Crippen LogP contribution in [0.15, 0.2) is 28.2 Å². The Morgan fingerprint density at radius 2 is 2.02 bits per heavy atom. The van der Waals surface area contributed by atoms with Gasteiger partial charge in [0, 0.05) is 17.3 Å². The van der Waals surface area contributed by atoms with E-state index in [2.05, 4.69) is 22.9 Å². The van der Waals surface area contributed by atoms with E-state index in [1.807, 2.05) is 33.0 Å². The van der Waals surface area contributed by atoms with Gasteiger partial charge in [0.25, 0.3) is 0 Å². The number of halogens is 1. The van der Waals surface area contributed by atoms with E-state index in [-0.39, 0.29) is 17.5 Å². The molecule has 0 unspecified atom stereocenters. The third-order valence-corrected chi connectivity index (χ3v) is 12.5. The summed E-state index contributed by atoms with van der Waals surface area (Å²) in [7, 11) is 3.70. The maximum atomic E-state index is 13.4. The second-order valence-electron chi connectivity index (χ2n) is 11.8. The molecule has 0 spiro atoms. The first-order valence-electron chi connectivity index (χ1n) is 14.4. The summed E-state index contributed by atoms with van der Waals surface area (Å²) in [6.45, 7) is 6.37. The Morgan fingerprint density at radius 1 is 1.26 bits per heavy atom. The van der Waals surface area contributed by atoms with Crippen molar-refractivity contribution in [3.8, 4) is 5.75 Å². The Balaban J connectivity index is 1.58. The predicted octanol–water partition coefficient (Wildman–Crippen LogP) is 5.56. The summed E-state index contributed by atoms with van der Waals surface area (Å²) in [5, 5.41) is 11.3. The molecule has 12 heteroatoms. The smallest absolute Gasteiger partial charge is 0.337 e. The number of ether oxygens (including phenoxy) is 2. The number of aryl methyl sites for hydroxylation is 1. The second kappa shape index (κ2) is 13.9. The molecule has 1 N–H and O–H groups in total. The van der Waals surface area contributed by atoms with Crippen molar-refractivity contribution in [2.75, 3.05) is 38.1 Å². The van der Waals surface area contributed by atoms with Gasteiger partial charge in [-0.25, -0.2) is 14.0 Å². The number of hydrogen-bond acceptors (Lipinski definition) is 10. The zero-order valence-corrected chi connectivity index (χ0v) is 27.7. The van der Waals surface area contributed by atoms with Gasteiger partial charge < -0.3 is 14.6 Å². The molecular formula is C30H42FN3O5S3. The van der Waals surface area contributed by atoms with Crippen LogP contribution in [-0.4, -0.2) is 99.2 Å². The van der Waals surface area contributed by atoms with E-state index < -0.39 is 35.7 Å². The predicted molar refractivity (Wildman–Crippen MR) is 172 cm³/mol. The normalized spacial score (nSPS) is 27.1. The fourth-order valence-electron chi connectivity index (χ4n) is 5.68. The Kier molecular flexibility index (Phi) is 11.0. The van der Waals surface area contributed by atoms with Crippen LogP contribution in [0.25, 0.3) is 0 Å². The Labute approximate surface area is 261 Å². The molecule has 4 rings (SSSR count). The quantitative estimate of drug-likeness (QED) is 0.220. The molecule has 3 aliphatic rings. The average molecular weight is 640 g/mol. The zero-order chi connectivity index (χ0) is 30.7. The van der Waals surface area contributed by atoms with E-state index in [0.717, 1.165) is 41.4 Å². The molecule has 8 nitrogen and oxygen atoms in total. The highest BCUT2D eigenvalue weighted by molar-refractivity contribution is 8.15. The second-order valence-corrected chi connectivity index (χ2v) is 14.9. The summed E-state index contributed by atoms with van der Waals surface area (Å²) in [5.41, 5.74) is 0.272. The summed E-state index contributed by atoms with van der Waals surface area (Å²) < 4.78 is 25.0. The van der Waals surface area contributed by atoms with Gasteiger partial charge in [-0.3, -0.25) is 14.9 Å². The lowest BCUT2D eigenvalue weighted by Crippen LogP contribution is -2.54. The van der Waals surface area contributed by atoms with Crippen LogP contribution in [0.3, 0.4) is 0 Å². The van der Waals surface area contributed by atoms with Crippen LogP contribution in [0, 0.1) is 5.41 Å². The van der Waals surface area contributed by atoms with E-state index in [9.17, 15) is 19.1 Å². The highest BCUT2D eigenvalue weighted by atomic mass is 32.2. The number of carbonyl (C=O) groups excluding carboxylic acids is 1.